The number of alkyl halides is 3. The fourth-order valence-electron chi connectivity index (χ4n) is 0.812. The highest BCUT2D eigenvalue weighted by molar-refractivity contribution is 6.74. The summed E-state index contributed by atoms with van der Waals surface area (Å²) in [6.07, 6.45) is 1.05. The first-order valence-electron chi connectivity index (χ1n) is 3.67. The summed E-state index contributed by atoms with van der Waals surface area (Å²) in [5.74, 6) is 0. The first-order chi connectivity index (χ1) is 7.22. The average Bonchev–Trinajstić information content (AvgIpc) is 2.13. The summed E-state index contributed by atoms with van der Waals surface area (Å²) in [5.41, 5.74) is 0.159. The van der Waals surface area contributed by atoms with E-state index in [2.05, 4.69) is 4.99 Å². The van der Waals surface area contributed by atoms with Crippen molar-refractivity contribution in [1.29, 1.82) is 0 Å². The van der Waals surface area contributed by atoms with E-state index in [-0.39, 0.29) is 25.8 Å². The van der Waals surface area contributed by atoms with E-state index in [1.165, 1.54) is 6.07 Å². The molecule has 8 heteroatoms. The number of hydrogen-bond donors (Lipinski definition) is 0. The zero-order chi connectivity index (χ0) is 12.5. The Kier molecular flexibility index (Phi) is 5.34. The van der Waals surface area contributed by atoms with Crippen molar-refractivity contribution in [3.05, 3.63) is 26.2 Å². The van der Waals surface area contributed by atoms with Crippen molar-refractivity contribution in [2.24, 2.45) is 4.99 Å². The molecule has 0 aromatic heterocycles. The second kappa shape index (κ2) is 5.71. The van der Waals surface area contributed by atoms with Gasteiger partial charge in [-0.05, 0) is 6.07 Å². The lowest BCUT2D eigenvalue weighted by molar-refractivity contribution is 1.49. The normalized spacial score (nSPS) is 12.4. The third kappa shape index (κ3) is 3.99. The predicted octanol–water partition coefficient (Wildman–Crippen LogP) is 6.37. The van der Waals surface area contributed by atoms with Gasteiger partial charge in [0.2, 0.25) is 3.79 Å². The summed E-state index contributed by atoms with van der Waals surface area (Å²) in [6.45, 7) is 0. The molecule has 0 bridgehead atoms. The topological polar surface area (TPSA) is 12.4 Å². The van der Waals surface area contributed by atoms with Gasteiger partial charge in [-0.1, -0.05) is 81.2 Å². The van der Waals surface area contributed by atoms with Gasteiger partial charge < -0.3 is 0 Å². The zero-order valence-electron chi connectivity index (χ0n) is 7.25. The van der Waals surface area contributed by atoms with Gasteiger partial charge in [-0.25, -0.2) is 0 Å². The van der Waals surface area contributed by atoms with Crippen molar-refractivity contribution in [1.82, 2.24) is 0 Å². The van der Waals surface area contributed by atoms with Crippen molar-refractivity contribution >= 4 is 93.1 Å². The van der Waals surface area contributed by atoms with Crippen LogP contribution >= 0.6 is 81.2 Å². The van der Waals surface area contributed by atoms with Crippen LogP contribution in [0.4, 0.5) is 5.69 Å². The van der Waals surface area contributed by atoms with E-state index < -0.39 is 3.79 Å². The molecule has 0 fully saturated rings. The third-order valence-corrected chi connectivity index (χ3v) is 3.28. The van der Waals surface area contributed by atoms with Gasteiger partial charge in [0.1, 0.15) is 5.69 Å². The van der Waals surface area contributed by atoms with Crippen molar-refractivity contribution in [2.45, 2.75) is 3.79 Å². The molecule has 1 nitrogen and oxygen atoms in total. The molecule has 0 N–H and O–H groups in total. The number of rotatable bonds is 1. The fraction of sp³-hybridized carbons (Fsp3) is 0.125. The van der Waals surface area contributed by atoms with Crippen LogP contribution in [0.3, 0.4) is 0 Å². The lowest BCUT2D eigenvalue weighted by Gasteiger charge is -2.07. The van der Waals surface area contributed by atoms with E-state index in [1.807, 2.05) is 0 Å². The minimum Gasteiger partial charge on any atom is -0.254 e. The molecular formula is C8H2Cl7N. The highest BCUT2D eigenvalue weighted by Gasteiger charge is 2.18. The average molecular weight is 360 g/mol. The lowest BCUT2D eigenvalue weighted by atomic mass is 10.3. The molecule has 1 aromatic rings. The van der Waals surface area contributed by atoms with Gasteiger partial charge in [0, 0.05) is 0 Å². The van der Waals surface area contributed by atoms with Gasteiger partial charge in [0.25, 0.3) is 0 Å². The standard InChI is InChI=1S/C8H2Cl7N/c9-3-1-4(10)6(12)7(5(3)11)16-2-8(13,14)15/h1-2H. The first-order valence-corrected chi connectivity index (χ1v) is 6.32. The van der Waals surface area contributed by atoms with Gasteiger partial charge in [0.15, 0.2) is 0 Å². The number of aliphatic imine (C=N–C) groups is 1. The maximum absolute atomic E-state index is 5.88. The Morgan fingerprint density at radius 2 is 1.38 bits per heavy atom. The Morgan fingerprint density at radius 3 is 1.75 bits per heavy atom. The van der Waals surface area contributed by atoms with E-state index in [4.69, 9.17) is 81.2 Å². The quantitative estimate of drug-likeness (QED) is 0.313. The molecule has 1 aromatic carbocycles. The van der Waals surface area contributed by atoms with Crippen molar-refractivity contribution in [2.75, 3.05) is 0 Å². The monoisotopic (exact) mass is 357 g/mol. The van der Waals surface area contributed by atoms with Gasteiger partial charge in [-0.3, -0.25) is 4.99 Å². The van der Waals surface area contributed by atoms with Crippen LogP contribution in [0.15, 0.2) is 11.1 Å². The largest absolute Gasteiger partial charge is 0.254 e. The highest BCUT2D eigenvalue weighted by Crippen LogP contribution is 2.43. The van der Waals surface area contributed by atoms with Crippen LogP contribution < -0.4 is 0 Å². The summed E-state index contributed by atoms with van der Waals surface area (Å²) in [6, 6.07) is 1.40. The zero-order valence-corrected chi connectivity index (χ0v) is 12.5. The molecule has 0 aliphatic heterocycles. The third-order valence-electron chi connectivity index (χ3n) is 1.43. The van der Waals surface area contributed by atoms with Gasteiger partial charge in [-0.2, -0.15) is 0 Å². The molecule has 0 aliphatic rings. The Bertz CT molecular complexity index is 409. The van der Waals surface area contributed by atoms with Crippen LogP contribution in [-0.4, -0.2) is 10.0 Å². The molecule has 0 saturated heterocycles. The number of halogens is 7. The number of benzene rings is 1. The Hall–Kier alpha value is 0.920. The molecule has 0 aliphatic carbocycles. The molecule has 0 heterocycles. The van der Waals surface area contributed by atoms with Crippen molar-refractivity contribution in [3.63, 3.8) is 0 Å². The maximum atomic E-state index is 5.88. The van der Waals surface area contributed by atoms with E-state index in [0.29, 0.717) is 0 Å². The number of nitrogens with zero attached hydrogens (tertiary/aromatic N) is 1. The van der Waals surface area contributed by atoms with Crippen LogP contribution in [0.25, 0.3) is 0 Å². The second-order valence-corrected chi connectivity index (χ2v) is 6.56. The van der Waals surface area contributed by atoms with Crippen LogP contribution in [0, 0.1) is 0 Å². The molecule has 0 saturated carbocycles. The lowest BCUT2D eigenvalue weighted by Crippen LogP contribution is -2.02. The van der Waals surface area contributed by atoms with Crippen molar-refractivity contribution in [3.8, 4) is 0 Å². The molecule has 0 atom stereocenters. The summed E-state index contributed by atoms with van der Waals surface area (Å²) in [4.78, 5) is 3.84. The van der Waals surface area contributed by atoms with E-state index in [0.717, 1.165) is 6.21 Å². The molecule has 16 heavy (non-hydrogen) atoms. The van der Waals surface area contributed by atoms with Crippen LogP contribution in [0.5, 0.6) is 0 Å². The molecule has 0 radical (unpaired) electrons. The van der Waals surface area contributed by atoms with Crippen LogP contribution in [0.1, 0.15) is 0 Å². The smallest absolute Gasteiger partial charge is 0.225 e. The fourth-order valence-corrected chi connectivity index (χ4v) is 1.86. The first kappa shape index (κ1) is 15.0. The minimum absolute atomic E-state index is 0.140. The SMILES string of the molecule is Clc1cc(Cl)c(Cl)c(N=CC(Cl)(Cl)Cl)c1Cl. The van der Waals surface area contributed by atoms with E-state index in [1.54, 1.807) is 0 Å². The molecule has 0 spiro atoms. The van der Waals surface area contributed by atoms with E-state index in [9.17, 15) is 0 Å². The van der Waals surface area contributed by atoms with E-state index >= 15 is 0 Å². The summed E-state index contributed by atoms with van der Waals surface area (Å²) in [5, 5.41) is 0.711. The minimum atomic E-state index is -1.65. The Balaban J connectivity index is 3.28. The molecular weight excluding hydrogens is 358 g/mol. The molecule has 0 amide bonds. The Morgan fingerprint density at radius 1 is 0.938 bits per heavy atom. The molecule has 0 unspecified atom stereocenters. The molecule has 88 valence electrons. The Labute approximate surface area is 127 Å². The number of hydrogen-bond acceptors (Lipinski definition) is 1. The molecule has 1 rings (SSSR count). The van der Waals surface area contributed by atoms with Crippen LogP contribution in [0.2, 0.25) is 20.1 Å². The maximum Gasteiger partial charge on any atom is 0.225 e. The summed E-state index contributed by atoms with van der Waals surface area (Å²) in [7, 11) is 0. The summed E-state index contributed by atoms with van der Waals surface area (Å²) >= 11 is 39.8. The highest BCUT2D eigenvalue weighted by atomic mass is 35.6. The van der Waals surface area contributed by atoms with Gasteiger partial charge in [-0.15, -0.1) is 0 Å². The van der Waals surface area contributed by atoms with Gasteiger partial charge in [0.05, 0.1) is 26.3 Å². The second-order valence-electron chi connectivity index (χ2n) is 2.62. The van der Waals surface area contributed by atoms with Gasteiger partial charge >= 0.3 is 0 Å². The summed E-state index contributed by atoms with van der Waals surface area (Å²) < 4.78 is -1.65. The van der Waals surface area contributed by atoms with Crippen LogP contribution in [-0.2, 0) is 0 Å². The van der Waals surface area contributed by atoms with Crippen molar-refractivity contribution < 1.29 is 0 Å². The predicted molar refractivity (Wildman–Crippen MR) is 74.9 cm³/mol.